The first-order chi connectivity index (χ1) is 12.3. The van der Waals surface area contributed by atoms with Crippen LogP contribution in [-0.4, -0.2) is 39.2 Å². The molecule has 0 aliphatic heterocycles. The molecule has 0 radical (unpaired) electrons. The van der Waals surface area contributed by atoms with Gasteiger partial charge in [0.2, 0.25) is 5.91 Å². The summed E-state index contributed by atoms with van der Waals surface area (Å²) in [5.41, 5.74) is 6.64. The number of nitrogens with one attached hydrogen (secondary N) is 1. The lowest BCUT2D eigenvalue weighted by molar-refractivity contribution is -0.117. The van der Waals surface area contributed by atoms with Gasteiger partial charge in [-0.3, -0.25) is 4.79 Å². The minimum Gasteiger partial charge on any atom is -0.465 e. The van der Waals surface area contributed by atoms with Gasteiger partial charge in [0.05, 0.1) is 29.4 Å². The molecule has 0 saturated carbocycles. The number of anilines is 1. The Morgan fingerprint density at radius 1 is 1.08 bits per heavy atom. The lowest BCUT2D eigenvalue weighted by atomic mass is 10.2. The molecular weight excluding hydrogens is 356 g/mol. The number of hydrogen-bond donors (Lipinski definition) is 2. The SMILES string of the molecule is COC(=O)c1ccc(S(=O)(=O)CCC(N)C(=O)Nc2ccccc2)cc1. The van der Waals surface area contributed by atoms with E-state index in [4.69, 9.17) is 5.73 Å². The van der Waals surface area contributed by atoms with Crippen molar-refractivity contribution >= 4 is 27.4 Å². The zero-order chi connectivity index (χ0) is 19.2. The predicted molar refractivity (Wildman–Crippen MR) is 97.5 cm³/mol. The average Bonchev–Trinajstić information content (AvgIpc) is 2.66. The molecule has 2 aromatic carbocycles. The van der Waals surface area contributed by atoms with Crippen LogP contribution >= 0.6 is 0 Å². The van der Waals surface area contributed by atoms with Crippen molar-refractivity contribution in [2.24, 2.45) is 5.73 Å². The number of carbonyl (C=O) groups excluding carboxylic acids is 2. The summed E-state index contributed by atoms with van der Waals surface area (Å²) in [6, 6.07) is 13.2. The fourth-order valence-electron chi connectivity index (χ4n) is 2.20. The van der Waals surface area contributed by atoms with E-state index in [-0.39, 0.29) is 22.6 Å². The van der Waals surface area contributed by atoms with Crippen molar-refractivity contribution in [2.45, 2.75) is 17.4 Å². The molecule has 138 valence electrons. The van der Waals surface area contributed by atoms with Crippen molar-refractivity contribution in [3.63, 3.8) is 0 Å². The number of rotatable bonds is 7. The Hall–Kier alpha value is -2.71. The van der Waals surface area contributed by atoms with Crippen molar-refractivity contribution in [3.05, 3.63) is 60.2 Å². The highest BCUT2D eigenvalue weighted by Gasteiger charge is 2.20. The van der Waals surface area contributed by atoms with Gasteiger partial charge in [-0.25, -0.2) is 13.2 Å². The van der Waals surface area contributed by atoms with Gasteiger partial charge in [0, 0.05) is 5.69 Å². The summed E-state index contributed by atoms with van der Waals surface area (Å²) in [7, 11) is -2.38. The standard InChI is InChI=1S/C18H20N2O5S/c1-25-18(22)13-7-9-15(10-8-13)26(23,24)12-11-16(19)17(21)20-14-5-3-2-4-6-14/h2-10,16H,11-12,19H2,1H3,(H,20,21). The highest BCUT2D eigenvalue weighted by atomic mass is 32.2. The van der Waals surface area contributed by atoms with Gasteiger partial charge in [0.25, 0.3) is 0 Å². The summed E-state index contributed by atoms with van der Waals surface area (Å²) in [6.07, 6.45) is -0.0280. The maximum Gasteiger partial charge on any atom is 0.337 e. The minimum atomic E-state index is -3.62. The summed E-state index contributed by atoms with van der Waals surface area (Å²) in [5.74, 6) is -1.28. The van der Waals surface area contributed by atoms with Gasteiger partial charge in [-0.05, 0) is 42.8 Å². The van der Waals surface area contributed by atoms with Crippen molar-refractivity contribution in [1.82, 2.24) is 0 Å². The lowest BCUT2D eigenvalue weighted by Crippen LogP contribution is -2.37. The number of ether oxygens (including phenoxy) is 1. The number of para-hydroxylation sites is 1. The Kier molecular flexibility index (Phi) is 6.48. The van der Waals surface area contributed by atoms with Crippen molar-refractivity contribution in [2.75, 3.05) is 18.2 Å². The molecule has 0 aliphatic rings. The van der Waals surface area contributed by atoms with E-state index in [9.17, 15) is 18.0 Å². The van der Waals surface area contributed by atoms with E-state index >= 15 is 0 Å². The molecule has 0 saturated heterocycles. The van der Waals surface area contributed by atoms with Crippen LogP contribution in [0.15, 0.2) is 59.5 Å². The third kappa shape index (κ3) is 5.14. The molecular formula is C18H20N2O5S. The van der Waals surface area contributed by atoms with Crippen LogP contribution in [0, 0.1) is 0 Å². The predicted octanol–water partition coefficient (Wildman–Crippen LogP) is 1.60. The van der Waals surface area contributed by atoms with E-state index in [0.29, 0.717) is 5.69 Å². The molecule has 1 atom stereocenters. The minimum absolute atomic E-state index is 0.0280. The van der Waals surface area contributed by atoms with Gasteiger partial charge >= 0.3 is 5.97 Å². The van der Waals surface area contributed by atoms with E-state index in [2.05, 4.69) is 10.1 Å². The number of carbonyl (C=O) groups is 2. The van der Waals surface area contributed by atoms with Gasteiger partial charge in [0.1, 0.15) is 0 Å². The van der Waals surface area contributed by atoms with Crippen LogP contribution < -0.4 is 11.1 Å². The van der Waals surface area contributed by atoms with Gasteiger partial charge in [-0.2, -0.15) is 0 Å². The van der Waals surface area contributed by atoms with Crippen LogP contribution in [0.3, 0.4) is 0 Å². The third-order valence-corrected chi connectivity index (χ3v) is 5.47. The van der Waals surface area contributed by atoms with Gasteiger partial charge < -0.3 is 15.8 Å². The Balaban J connectivity index is 1.96. The highest BCUT2D eigenvalue weighted by Crippen LogP contribution is 2.15. The van der Waals surface area contributed by atoms with Crippen LogP contribution in [0.5, 0.6) is 0 Å². The quantitative estimate of drug-likeness (QED) is 0.709. The second-order valence-corrected chi connectivity index (χ2v) is 7.69. The molecule has 0 bridgehead atoms. The lowest BCUT2D eigenvalue weighted by Gasteiger charge is -2.12. The topological polar surface area (TPSA) is 116 Å². The summed E-state index contributed by atoms with van der Waals surface area (Å²) in [5, 5.41) is 2.63. The molecule has 2 rings (SSSR count). The molecule has 2 aromatic rings. The molecule has 1 amide bonds. The summed E-state index contributed by atoms with van der Waals surface area (Å²) >= 11 is 0. The largest absolute Gasteiger partial charge is 0.465 e. The number of esters is 1. The third-order valence-electron chi connectivity index (χ3n) is 3.71. The molecule has 8 heteroatoms. The van der Waals surface area contributed by atoms with E-state index in [1.165, 1.54) is 31.4 Å². The second kappa shape index (κ2) is 8.59. The maximum absolute atomic E-state index is 12.4. The van der Waals surface area contributed by atoms with E-state index in [1.807, 2.05) is 6.07 Å². The number of methoxy groups -OCH3 is 1. The Morgan fingerprint density at radius 3 is 2.27 bits per heavy atom. The van der Waals surface area contributed by atoms with Crippen molar-refractivity contribution < 1.29 is 22.7 Å². The van der Waals surface area contributed by atoms with Crippen LogP contribution in [-0.2, 0) is 19.4 Å². The molecule has 0 aliphatic carbocycles. The molecule has 0 aromatic heterocycles. The molecule has 3 N–H and O–H groups in total. The molecule has 0 heterocycles. The first-order valence-electron chi connectivity index (χ1n) is 7.86. The zero-order valence-corrected chi connectivity index (χ0v) is 15.0. The first kappa shape index (κ1) is 19.6. The fraction of sp³-hybridized carbons (Fsp3) is 0.222. The number of hydrogen-bond acceptors (Lipinski definition) is 6. The zero-order valence-electron chi connectivity index (χ0n) is 14.2. The summed E-state index contributed by atoms with van der Waals surface area (Å²) in [4.78, 5) is 23.5. The second-order valence-electron chi connectivity index (χ2n) is 5.59. The first-order valence-corrected chi connectivity index (χ1v) is 9.51. The van der Waals surface area contributed by atoms with Gasteiger partial charge in [-0.15, -0.1) is 0 Å². The molecule has 0 fully saturated rings. The number of amides is 1. The average molecular weight is 376 g/mol. The van der Waals surface area contributed by atoms with Crippen LogP contribution in [0.25, 0.3) is 0 Å². The fourth-order valence-corrected chi connectivity index (χ4v) is 3.55. The van der Waals surface area contributed by atoms with Crippen LogP contribution in [0.2, 0.25) is 0 Å². The number of nitrogens with two attached hydrogens (primary N) is 1. The Morgan fingerprint density at radius 2 is 1.69 bits per heavy atom. The summed E-state index contributed by atoms with van der Waals surface area (Å²) in [6.45, 7) is 0. The Labute approximate surface area is 152 Å². The monoisotopic (exact) mass is 376 g/mol. The van der Waals surface area contributed by atoms with E-state index in [0.717, 1.165) is 0 Å². The normalized spacial score (nSPS) is 12.2. The van der Waals surface area contributed by atoms with Crippen molar-refractivity contribution in [3.8, 4) is 0 Å². The number of sulfone groups is 1. The van der Waals surface area contributed by atoms with E-state index < -0.39 is 27.8 Å². The summed E-state index contributed by atoms with van der Waals surface area (Å²) < 4.78 is 29.3. The Bertz CT molecular complexity index is 864. The van der Waals surface area contributed by atoms with E-state index in [1.54, 1.807) is 24.3 Å². The van der Waals surface area contributed by atoms with Gasteiger partial charge in [0.15, 0.2) is 9.84 Å². The molecule has 7 nitrogen and oxygen atoms in total. The maximum atomic E-state index is 12.4. The van der Waals surface area contributed by atoms with Crippen molar-refractivity contribution in [1.29, 1.82) is 0 Å². The smallest absolute Gasteiger partial charge is 0.337 e. The van der Waals surface area contributed by atoms with Gasteiger partial charge in [-0.1, -0.05) is 18.2 Å². The highest BCUT2D eigenvalue weighted by molar-refractivity contribution is 7.91. The molecule has 0 spiro atoms. The van der Waals surface area contributed by atoms with Crippen LogP contribution in [0.4, 0.5) is 5.69 Å². The molecule has 1 unspecified atom stereocenters. The molecule has 26 heavy (non-hydrogen) atoms. The number of benzene rings is 2. The van der Waals surface area contributed by atoms with Crippen LogP contribution in [0.1, 0.15) is 16.8 Å².